The van der Waals surface area contributed by atoms with Crippen LogP contribution < -0.4 is 5.56 Å². The fourth-order valence-electron chi connectivity index (χ4n) is 2.79. The van der Waals surface area contributed by atoms with E-state index in [1.807, 2.05) is 0 Å². The molecule has 21 heavy (non-hydrogen) atoms. The molecule has 0 atom stereocenters. The summed E-state index contributed by atoms with van der Waals surface area (Å²) >= 11 is 0. The van der Waals surface area contributed by atoms with Crippen LogP contribution in [-0.2, 0) is 12.0 Å². The summed E-state index contributed by atoms with van der Waals surface area (Å²) < 4.78 is 6.82. The largest absolute Gasteiger partial charge is 0.338 e. The lowest BCUT2D eigenvalue weighted by Gasteiger charge is -2.26. The summed E-state index contributed by atoms with van der Waals surface area (Å²) in [4.78, 5) is 16.0. The smallest absolute Gasteiger partial charge is 0.250 e. The molecule has 0 unspecified atom stereocenters. The van der Waals surface area contributed by atoms with Gasteiger partial charge in [0, 0.05) is 12.3 Å². The van der Waals surface area contributed by atoms with E-state index in [2.05, 4.69) is 16.2 Å². The fraction of sp³-hybridized carbons (Fsp3) is 0.467. The van der Waals surface area contributed by atoms with Gasteiger partial charge in [-0.25, -0.2) is 0 Å². The van der Waals surface area contributed by atoms with Crippen molar-refractivity contribution < 1.29 is 4.52 Å². The average molecular weight is 284 g/mol. The maximum Gasteiger partial charge on any atom is 0.250 e. The van der Waals surface area contributed by atoms with Crippen molar-refractivity contribution in [2.24, 2.45) is 0 Å². The van der Waals surface area contributed by atoms with E-state index in [9.17, 15) is 10.1 Å². The van der Waals surface area contributed by atoms with Gasteiger partial charge in [-0.05, 0) is 18.9 Å². The van der Waals surface area contributed by atoms with Gasteiger partial charge < -0.3 is 9.09 Å². The molecule has 2 aromatic heterocycles. The Balaban J connectivity index is 1.85. The second-order valence-electron chi connectivity index (χ2n) is 5.44. The molecule has 0 amide bonds. The van der Waals surface area contributed by atoms with Gasteiger partial charge in [0.1, 0.15) is 5.41 Å². The zero-order chi connectivity index (χ0) is 14.7. The van der Waals surface area contributed by atoms with Crippen LogP contribution >= 0.6 is 0 Å². The van der Waals surface area contributed by atoms with Crippen molar-refractivity contribution in [1.29, 1.82) is 5.26 Å². The Kier molecular flexibility index (Phi) is 3.57. The maximum atomic E-state index is 11.7. The molecule has 108 valence electrons. The van der Waals surface area contributed by atoms with Crippen LogP contribution in [0.15, 0.2) is 33.7 Å². The monoisotopic (exact) mass is 284 g/mol. The molecule has 6 heteroatoms. The van der Waals surface area contributed by atoms with Gasteiger partial charge in [-0.2, -0.15) is 10.2 Å². The van der Waals surface area contributed by atoms with E-state index >= 15 is 0 Å². The highest BCUT2D eigenvalue weighted by atomic mass is 16.5. The van der Waals surface area contributed by atoms with Crippen LogP contribution in [0.4, 0.5) is 0 Å². The lowest BCUT2D eigenvalue weighted by atomic mass is 9.75. The van der Waals surface area contributed by atoms with Crippen molar-refractivity contribution in [1.82, 2.24) is 14.7 Å². The molecule has 0 radical (unpaired) electrons. The Hall–Kier alpha value is -2.42. The predicted molar refractivity (Wildman–Crippen MR) is 74.5 cm³/mol. The van der Waals surface area contributed by atoms with Gasteiger partial charge in [0.15, 0.2) is 5.82 Å². The molecular weight excluding hydrogens is 268 g/mol. The van der Waals surface area contributed by atoms with E-state index in [0.717, 1.165) is 32.1 Å². The predicted octanol–water partition coefficient (Wildman–Crippen LogP) is 2.01. The van der Waals surface area contributed by atoms with Gasteiger partial charge in [-0.15, -0.1) is 0 Å². The van der Waals surface area contributed by atoms with Crippen LogP contribution in [0, 0.1) is 11.3 Å². The standard InChI is InChI=1S/C15H16N4O2/c16-11-15(7-3-1-4-8-15)14-17-12(18-21-14)10-19-9-5-2-6-13(19)20/h2,5-6,9H,1,3-4,7-8,10H2. The summed E-state index contributed by atoms with van der Waals surface area (Å²) in [6.45, 7) is 0.255. The number of aromatic nitrogens is 3. The number of pyridine rings is 1. The molecule has 2 aromatic rings. The Morgan fingerprint density at radius 3 is 2.86 bits per heavy atom. The summed E-state index contributed by atoms with van der Waals surface area (Å²) in [7, 11) is 0. The first kappa shape index (κ1) is 13.6. The van der Waals surface area contributed by atoms with Crippen LogP contribution in [0.3, 0.4) is 0 Å². The highest BCUT2D eigenvalue weighted by Gasteiger charge is 2.39. The van der Waals surface area contributed by atoms with Crippen LogP contribution in [0.1, 0.15) is 43.8 Å². The number of hydrogen-bond acceptors (Lipinski definition) is 5. The lowest BCUT2D eigenvalue weighted by Crippen LogP contribution is -2.27. The first-order valence-electron chi connectivity index (χ1n) is 7.13. The zero-order valence-electron chi connectivity index (χ0n) is 11.7. The summed E-state index contributed by atoms with van der Waals surface area (Å²) in [5.74, 6) is 0.821. The highest BCUT2D eigenvalue weighted by Crippen LogP contribution is 2.37. The van der Waals surface area contributed by atoms with E-state index in [0.29, 0.717) is 11.7 Å². The minimum Gasteiger partial charge on any atom is -0.338 e. The van der Waals surface area contributed by atoms with E-state index in [1.54, 1.807) is 18.3 Å². The second kappa shape index (κ2) is 5.52. The van der Waals surface area contributed by atoms with Crippen molar-refractivity contribution in [3.05, 3.63) is 46.5 Å². The molecular formula is C15H16N4O2. The van der Waals surface area contributed by atoms with E-state index < -0.39 is 5.41 Å². The summed E-state index contributed by atoms with van der Waals surface area (Å²) in [6.07, 6.45) is 6.35. The van der Waals surface area contributed by atoms with Crippen LogP contribution in [-0.4, -0.2) is 14.7 Å². The molecule has 0 saturated heterocycles. The van der Waals surface area contributed by atoms with Gasteiger partial charge in [0.2, 0.25) is 5.89 Å². The minimum absolute atomic E-state index is 0.114. The first-order valence-corrected chi connectivity index (χ1v) is 7.13. The number of hydrogen-bond donors (Lipinski definition) is 0. The summed E-state index contributed by atoms with van der Waals surface area (Å²) in [5.41, 5.74) is -0.762. The lowest BCUT2D eigenvalue weighted by molar-refractivity contribution is 0.263. The van der Waals surface area contributed by atoms with Gasteiger partial charge in [-0.1, -0.05) is 30.5 Å². The third-order valence-corrected chi connectivity index (χ3v) is 4.01. The normalized spacial score (nSPS) is 17.3. The molecule has 0 aliphatic heterocycles. The van der Waals surface area contributed by atoms with Gasteiger partial charge in [0.25, 0.3) is 5.56 Å². The molecule has 0 bridgehead atoms. The molecule has 1 aliphatic carbocycles. The number of nitrogens with zero attached hydrogens (tertiary/aromatic N) is 4. The highest BCUT2D eigenvalue weighted by molar-refractivity contribution is 5.19. The molecule has 1 fully saturated rings. The van der Waals surface area contributed by atoms with Crippen molar-refractivity contribution in [2.75, 3.05) is 0 Å². The maximum absolute atomic E-state index is 11.7. The molecule has 1 aliphatic rings. The average Bonchev–Trinajstić information content (AvgIpc) is 2.99. The van der Waals surface area contributed by atoms with E-state index in [4.69, 9.17) is 4.52 Å². The third-order valence-electron chi connectivity index (χ3n) is 4.01. The summed E-state index contributed by atoms with van der Waals surface area (Å²) in [5, 5.41) is 13.4. The Morgan fingerprint density at radius 2 is 2.14 bits per heavy atom. The molecule has 1 saturated carbocycles. The Bertz CT molecular complexity index is 720. The van der Waals surface area contributed by atoms with Crippen molar-refractivity contribution in [3.63, 3.8) is 0 Å². The molecule has 0 spiro atoms. The number of rotatable bonds is 3. The zero-order valence-corrected chi connectivity index (χ0v) is 11.7. The molecule has 0 aromatic carbocycles. The van der Waals surface area contributed by atoms with Crippen molar-refractivity contribution >= 4 is 0 Å². The van der Waals surface area contributed by atoms with Crippen LogP contribution in [0.2, 0.25) is 0 Å². The van der Waals surface area contributed by atoms with E-state index in [1.165, 1.54) is 10.6 Å². The first-order chi connectivity index (χ1) is 10.2. The van der Waals surface area contributed by atoms with Gasteiger partial charge >= 0.3 is 0 Å². The van der Waals surface area contributed by atoms with Crippen molar-refractivity contribution in [2.45, 2.75) is 44.1 Å². The van der Waals surface area contributed by atoms with E-state index in [-0.39, 0.29) is 12.1 Å². The topological polar surface area (TPSA) is 84.7 Å². The molecule has 2 heterocycles. The number of nitriles is 1. The SMILES string of the molecule is N#CC1(c2nc(Cn3ccccc3=O)no2)CCCCC1. The van der Waals surface area contributed by atoms with Gasteiger partial charge in [-0.3, -0.25) is 4.79 Å². The molecule has 6 nitrogen and oxygen atoms in total. The Morgan fingerprint density at radius 1 is 1.33 bits per heavy atom. The van der Waals surface area contributed by atoms with Gasteiger partial charge in [0.05, 0.1) is 12.6 Å². The minimum atomic E-state index is -0.648. The van der Waals surface area contributed by atoms with Crippen LogP contribution in [0.25, 0.3) is 0 Å². The Labute approximate surface area is 122 Å². The fourth-order valence-corrected chi connectivity index (χ4v) is 2.79. The molecule has 3 rings (SSSR count). The molecule has 0 N–H and O–H groups in total. The third kappa shape index (κ3) is 2.59. The van der Waals surface area contributed by atoms with Crippen LogP contribution in [0.5, 0.6) is 0 Å². The second-order valence-corrected chi connectivity index (χ2v) is 5.44. The quantitative estimate of drug-likeness (QED) is 0.860. The summed E-state index contributed by atoms with van der Waals surface area (Å²) in [6, 6.07) is 7.31. The van der Waals surface area contributed by atoms with Crippen molar-refractivity contribution in [3.8, 4) is 6.07 Å².